The van der Waals surface area contributed by atoms with Crippen LogP contribution in [0.2, 0.25) is 5.02 Å². The molecule has 132 valence electrons. The molecule has 0 saturated carbocycles. The molecule has 1 aliphatic rings. The van der Waals surface area contributed by atoms with Gasteiger partial charge in [-0.25, -0.2) is 13.1 Å². The van der Waals surface area contributed by atoms with Gasteiger partial charge in [0.05, 0.1) is 10.6 Å². The van der Waals surface area contributed by atoms with Gasteiger partial charge in [-0.1, -0.05) is 23.7 Å². The number of fused-ring (bicyclic) bond motifs is 1. The van der Waals surface area contributed by atoms with Crippen LogP contribution < -0.4 is 9.62 Å². The lowest BCUT2D eigenvalue weighted by atomic mass is 10.2. The van der Waals surface area contributed by atoms with E-state index in [1.54, 1.807) is 59.1 Å². The number of halogens is 1. The SMILES string of the molecule is CC(=O)N1CCSc2ccc(S(=O)(=O)NCc3ccc(Cl)cc3)cc21. The van der Waals surface area contributed by atoms with Gasteiger partial charge in [0, 0.05) is 35.7 Å². The molecule has 0 saturated heterocycles. The maximum absolute atomic E-state index is 12.6. The van der Waals surface area contributed by atoms with Crippen LogP contribution in [0.15, 0.2) is 52.3 Å². The summed E-state index contributed by atoms with van der Waals surface area (Å²) in [6, 6.07) is 11.9. The minimum atomic E-state index is -3.68. The van der Waals surface area contributed by atoms with Crippen LogP contribution in [0.25, 0.3) is 0 Å². The van der Waals surface area contributed by atoms with Gasteiger partial charge in [-0.05, 0) is 35.9 Å². The fourth-order valence-electron chi connectivity index (χ4n) is 2.56. The van der Waals surface area contributed by atoms with E-state index in [1.807, 2.05) is 0 Å². The van der Waals surface area contributed by atoms with Crippen molar-refractivity contribution in [1.29, 1.82) is 0 Å². The van der Waals surface area contributed by atoms with Crippen molar-refractivity contribution in [1.82, 2.24) is 4.72 Å². The summed E-state index contributed by atoms with van der Waals surface area (Å²) in [5.74, 6) is 0.707. The van der Waals surface area contributed by atoms with Gasteiger partial charge in [0.2, 0.25) is 15.9 Å². The van der Waals surface area contributed by atoms with Crippen LogP contribution in [0.1, 0.15) is 12.5 Å². The van der Waals surface area contributed by atoms with Gasteiger partial charge in [-0.15, -0.1) is 11.8 Å². The monoisotopic (exact) mass is 396 g/mol. The van der Waals surface area contributed by atoms with E-state index < -0.39 is 10.0 Å². The first-order chi connectivity index (χ1) is 11.9. The number of amides is 1. The number of rotatable bonds is 4. The second kappa shape index (κ2) is 7.37. The van der Waals surface area contributed by atoms with Gasteiger partial charge in [0.1, 0.15) is 0 Å². The standard InChI is InChI=1S/C17H17ClN2O3S2/c1-12(21)20-8-9-24-17-7-6-15(10-16(17)20)25(22,23)19-11-13-2-4-14(18)5-3-13/h2-7,10,19H,8-9,11H2,1H3. The average molecular weight is 397 g/mol. The van der Waals surface area contributed by atoms with Crippen LogP contribution >= 0.6 is 23.4 Å². The first kappa shape index (κ1) is 18.3. The summed E-state index contributed by atoms with van der Waals surface area (Å²) in [6.45, 7) is 2.23. The molecule has 8 heteroatoms. The van der Waals surface area contributed by atoms with Crippen LogP contribution in [0.4, 0.5) is 5.69 Å². The lowest BCUT2D eigenvalue weighted by molar-refractivity contribution is -0.116. The van der Waals surface area contributed by atoms with Crippen LogP contribution in [0.3, 0.4) is 0 Å². The Morgan fingerprint density at radius 1 is 1.24 bits per heavy atom. The van der Waals surface area contributed by atoms with Crippen molar-refractivity contribution in [2.24, 2.45) is 0 Å². The second-order valence-corrected chi connectivity index (χ2v) is 8.94. The number of nitrogens with one attached hydrogen (secondary N) is 1. The summed E-state index contributed by atoms with van der Waals surface area (Å²) < 4.78 is 27.8. The maximum Gasteiger partial charge on any atom is 0.240 e. The Bertz CT molecular complexity index is 899. The van der Waals surface area contributed by atoms with Crippen LogP contribution in [0, 0.1) is 0 Å². The van der Waals surface area contributed by atoms with E-state index in [-0.39, 0.29) is 17.3 Å². The number of hydrogen-bond donors (Lipinski definition) is 1. The van der Waals surface area contributed by atoms with E-state index in [4.69, 9.17) is 11.6 Å². The smallest absolute Gasteiger partial charge is 0.240 e. The molecule has 0 radical (unpaired) electrons. The Morgan fingerprint density at radius 2 is 1.96 bits per heavy atom. The van der Waals surface area contributed by atoms with E-state index in [0.29, 0.717) is 17.3 Å². The predicted molar refractivity (Wildman–Crippen MR) is 101 cm³/mol. The molecule has 0 bridgehead atoms. The van der Waals surface area contributed by atoms with Gasteiger partial charge < -0.3 is 4.90 Å². The van der Waals surface area contributed by atoms with Crippen molar-refractivity contribution >= 4 is 45.0 Å². The van der Waals surface area contributed by atoms with E-state index >= 15 is 0 Å². The summed E-state index contributed by atoms with van der Waals surface area (Å²) >= 11 is 7.45. The molecular formula is C17H17ClN2O3S2. The molecule has 0 aromatic heterocycles. The van der Waals surface area contributed by atoms with E-state index in [1.165, 1.54) is 6.92 Å². The number of hydrogen-bond acceptors (Lipinski definition) is 4. The molecule has 0 fully saturated rings. The zero-order chi connectivity index (χ0) is 18.0. The third-order valence-corrected chi connectivity index (χ3v) is 6.56. The first-order valence-electron chi connectivity index (χ1n) is 7.66. The second-order valence-electron chi connectivity index (χ2n) is 5.60. The molecule has 1 amide bonds. The molecule has 2 aromatic carbocycles. The van der Waals surface area contributed by atoms with Gasteiger partial charge in [0.25, 0.3) is 0 Å². The average Bonchev–Trinajstić information content (AvgIpc) is 2.60. The Hall–Kier alpha value is -1.54. The molecule has 3 rings (SSSR count). The molecule has 1 aliphatic heterocycles. The van der Waals surface area contributed by atoms with Gasteiger partial charge in [-0.3, -0.25) is 4.79 Å². The molecule has 25 heavy (non-hydrogen) atoms. The molecule has 0 aliphatic carbocycles. The highest BCUT2D eigenvalue weighted by Crippen LogP contribution is 2.36. The lowest BCUT2D eigenvalue weighted by Crippen LogP contribution is -2.33. The highest BCUT2D eigenvalue weighted by atomic mass is 35.5. The van der Waals surface area contributed by atoms with Crippen molar-refractivity contribution in [3.63, 3.8) is 0 Å². The van der Waals surface area contributed by atoms with Gasteiger partial charge in [-0.2, -0.15) is 0 Å². The fraction of sp³-hybridized carbons (Fsp3) is 0.235. The summed E-state index contributed by atoms with van der Waals surface area (Å²) in [5, 5.41) is 0.600. The molecule has 2 aromatic rings. The van der Waals surface area contributed by atoms with Crippen molar-refractivity contribution in [2.75, 3.05) is 17.2 Å². The first-order valence-corrected chi connectivity index (χ1v) is 10.5. The largest absolute Gasteiger partial charge is 0.311 e. The van der Waals surface area contributed by atoms with Crippen LogP contribution in [-0.4, -0.2) is 26.6 Å². The van der Waals surface area contributed by atoms with Crippen molar-refractivity contribution in [3.8, 4) is 0 Å². The summed E-state index contributed by atoms with van der Waals surface area (Å²) in [5.41, 5.74) is 1.46. The maximum atomic E-state index is 12.6. The Morgan fingerprint density at radius 3 is 2.64 bits per heavy atom. The third-order valence-electron chi connectivity index (χ3n) is 3.86. The Labute approximate surface area is 156 Å². The molecule has 0 unspecified atom stereocenters. The molecular weight excluding hydrogens is 380 g/mol. The van der Waals surface area contributed by atoms with Crippen LogP contribution in [-0.2, 0) is 21.4 Å². The number of carbonyl (C=O) groups is 1. The minimum absolute atomic E-state index is 0.0924. The number of carbonyl (C=O) groups excluding carboxylic acids is 1. The highest BCUT2D eigenvalue weighted by molar-refractivity contribution is 7.99. The topological polar surface area (TPSA) is 66.5 Å². The molecule has 1 heterocycles. The van der Waals surface area contributed by atoms with E-state index in [2.05, 4.69) is 4.72 Å². The quantitative estimate of drug-likeness (QED) is 0.861. The Kier molecular flexibility index (Phi) is 5.38. The van der Waals surface area contributed by atoms with E-state index in [0.717, 1.165) is 16.2 Å². The third kappa shape index (κ3) is 4.17. The fourth-order valence-corrected chi connectivity index (χ4v) is 4.69. The predicted octanol–water partition coefficient (Wildman–Crippen LogP) is 3.28. The molecule has 5 nitrogen and oxygen atoms in total. The molecule has 0 atom stereocenters. The Balaban J connectivity index is 1.83. The lowest BCUT2D eigenvalue weighted by Gasteiger charge is -2.28. The van der Waals surface area contributed by atoms with Gasteiger partial charge >= 0.3 is 0 Å². The van der Waals surface area contributed by atoms with Crippen molar-refractivity contribution < 1.29 is 13.2 Å². The summed E-state index contributed by atoms with van der Waals surface area (Å²) in [4.78, 5) is 14.5. The number of thioether (sulfide) groups is 1. The zero-order valence-electron chi connectivity index (χ0n) is 13.5. The van der Waals surface area contributed by atoms with Crippen molar-refractivity contribution in [2.45, 2.75) is 23.3 Å². The van der Waals surface area contributed by atoms with Crippen LogP contribution in [0.5, 0.6) is 0 Å². The summed E-state index contributed by atoms with van der Waals surface area (Å²) in [6.07, 6.45) is 0. The minimum Gasteiger partial charge on any atom is -0.311 e. The van der Waals surface area contributed by atoms with Gasteiger partial charge in [0.15, 0.2) is 0 Å². The number of anilines is 1. The highest BCUT2D eigenvalue weighted by Gasteiger charge is 2.23. The number of nitrogens with zero attached hydrogens (tertiary/aromatic N) is 1. The van der Waals surface area contributed by atoms with Crippen molar-refractivity contribution in [3.05, 3.63) is 53.1 Å². The number of sulfonamides is 1. The zero-order valence-corrected chi connectivity index (χ0v) is 15.9. The number of benzene rings is 2. The molecule has 0 spiro atoms. The molecule has 1 N–H and O–H groups in total. The normalized spacial score (nSPS) is 14.2. The van der Waals surface area contributed by atoms with E-state index in [9.17, 15) is 13.2 Å². The summed E-state index contributed by atoms with van der Waals surface area (Å²) in [7, 11) is -3.68.